The molecule has 0 aliphatic carbocycles. The Kier molecular flexibility index (Phi) is 2.39. The van der Waals surface area contributed by atoms with Crippen molar-refractivity contribution in [2.24, 2.45) is 5.84 Å². The van der Waals surface area contributed by atoms with Crippen molar-refractivity contribution >= 4 is 0 Å². The van der Waals surface area contributed by atoms with Crippen molar-refractivity contribution in [3.63, 3.8) is 0 Å². The van der Waals surface area contributed by atoms with E-state index < -0.39 is 0 Å². The minimum absolute atomic E-state index is 0.134. The third-order valence-electron chi connectivity index (χ3n) is 2.18. The number of benzene rings is 1. The van der Waals surface area contributed by atoms with Crippen molar-refractivity contribution in [3.8, 4) is 5.75 Å². The molecule has 0 saturated carbocycles. The Morgan fingerprint density at radius 2 is 2.36 bits per heavy atom. The largest absolute Gasteiger partial charge is 0.497 e. The lowest BCUT2D eigenvalue weighted by molar-refractivity contribution is 0.285. The van der Waals surface area contributed by atoms with Crippen LogP contribution >= 0.6 is 0 Å². The molecule has 3 N–H and O–H groups in total. The highest BCUT2D eigenvalue weighted by molar-refractivity contribution is 5.33. The zero-order valence-corrected chi connectivity index (χ0v) is 7.97. The summed E-state index contributed by atoms with van der Waals surface area (Å²) in [7, 11) is 1.66. The first-order valence-corrected chi connectivity index (χ1v) is 4.42. The molecule has 4 nitrogen and oxygen atoms in total. The van der Waals surface area contributed by atoms with Gasteiger partial charge in [0.05, 0.1) is 13.2 Å². The van der Waals surface area contributed by atoms with Gasteiger partial charge in [-0.2, -0.15) is 0 Å². The van der Waals surface area contributed by atoms with Gasteiger partial charge in [0.2, 0.25) is 0 Å². The number of nitrogens with one attached hydrogen (secondary N) is 1. The van der Waals surface area contributed by atoms with Crippen LogP contribution in [-0.4, -0.2) is 12.2 Å². The Balaban J connectivity index is 2.20. The third kappa shape index (κ3) is 1.71. The first-order chi connectivity index (χ1) is 6.79. The van der Waals surface area contributed by atoms with Gasteiger partial charge in [0.25, 0.3) is 0 Å². The average Bonchev–Trinajstić information content (AvgIpc) is 2.65. The molecule has 1 unspecified atom stereocenters. The summed E-state index contributed by atoms with van der Waals surface area (Å²) >= 11 is 0. The van der Waals surface area contributed by atoms with Gasteiger partial charge in [-0.3, -0.25) is 5.12 Å². The second-order valence-corrected chi connectivity index (χ2v) is 3.13. The number of hydrogen-bond acceptors (Lipinski definition) is 4. The maximum atomic E-state index is 5.54. The van der Waals surface area contributed by atoms with Crippen molar-refractivity contribution in [2.75, 3.05) is 7.11 Å². The molecule has 0 amide bonds. The lowest BCUT2D eigenvalue weighted by atomic mass is 10.1. The lowest BCUT2D eigenvalue weighted by Crippen LogP contribution is -2.36. The van der Waals surface area contributed by atoms with E-state index in [1.54, 1.807) is 13.3 Å². The van der Waals surface area contributed by atoms with E-state index in [2.05, 4.69) is 5.43 Å². The molecule has 0 spiro atoms. The Hall–Kier alpha value is -1.52. The number of nitrogens with two attached hydrogens (primary N) is 1. The number of rotatable bonds is 2. The highest BCUT2D eigenvalue weighted by Gasteiger charge is 2.14. The van der Waals surface area contributed by atoms with E-state index in [1.807, 2.05) is 30.3 Å². The normalized spacial score (nSPS) is 20.1. The first kappa shape index (κ1) is 9.05. The van der Waals surface area contributed by atoms with Gasteiger partial charge in [0.15, 0.2) is 0 Å². The van der Waals surface area contributed by atoms with Crippen LogP contribution in [0.3, 0.4) is 0 Å². The van der Waals surface area contributed by atoms with E-state index in [1.165, 1.54) is 5.12 Å². The highest BCUT2D eigenvalue weighted by atomic mass is 16.5. The van der Waals surface area contributed by atoms with Crippen LogP contribution in [0.4, 0.5) is 0 Å². The van der Waals surface area contributed by atoms with E-state index in [0.29, 0.717) is 0 Å². The molecular formula is C10H13N3O. The molecule has 1 atom stereocenters. The predicted molar refractivity (Wildman–Crippen MR) is 54.0 cm³/mol. The van der Waals surface area contributed by atoms with Crippen molar-refractivity contribution in [3.05, 3.63) is 42.1 Å². The molecule has 4 heteroatoms. The van der Waals surface area contributed by atoms with Gasteiger partial charge in [0, 0.05) is 6.20 Å². The number of nitrogens with zero attached hydrogens (tertiary/aromatic N) is 1. The summed E-state index contributed by atoms with van der Waals surface area (Å²) in [4.78, 5) is 0. The summed E-state index contributed by atoms with van der Waals surface area (Å²) in [5, 5.41) is 1.45. The summed E-state index contributed by atoms with van der Waals surface area (Å²) in [6, 6.07) is 8.03. The highest BCUT2D eigenvalue weighted by Crippen LogP contribution is 2.22. The standard InChI is InChI=1S/C10H13N3O/c1-14-9-4-2-3-8(7-9)10-5-6-13(11)12-10/h2-7,10,12H,11H2,1H3. The van der Waals surface area contributed by atoms with Crippen LogP contribution in [0.15, 0.2) is 36.5 Å². The third-order valence-corrected chi connectivity index (χ3v) is 2.18. The Labute approximate surface area is 82.9 Å². The van der Waals surface area contributed by atoms with Gasteiger partial charge in [-0.25, -0.2) is 11.3 Å². The van der Waals surface area contributed by atoms with Gasteiger partial charge >= 0.3 is 0 Å². The van der Waals surface area contributed by atoms with Gasteiger partial charge in [0.1, 0.15) is 5.75 Å². The van der Waals surface area contributed by atoms with Gasteiger partial charge in [-0.15, -0.1) is 0 Å². The van der Waals surface area contributed by atoms with E-state index in [9.17, 15) is 0 Å². The van der Waals surface area contributed by atoms with Crippen LogP contribution < -0.4 is 16.0 Å². The molecular weight excluding hydrogens is 178 g/mol. The molecule has 0 bridgehead atoms. The molecule has 1 aliphatic rings. The summed E-state index contributed by atoms with van der Waals surface area (Å²) in [5.41, 5.74) is 4.20. The van der Waals surface area contributed by atoms with Crippen molar-refractivity contribution in [1.82, 2.24) is 10.5 Å². The van der Waals surface area contributed by atoms with Gasteiger partial charge in [-0.05, 0) is 23.8 Å². The maximum Gasteiger partial charge on any atom is 0.119 e. The molecule has 0 aromatic heterocycles. The molecule has 0 saturated heterocycles. The molecule has 2 rings (SSSR count). The molecule has 74 valence electrons. The second-order valence-electron chi connectivity index (χ2n) is 3.13. The topological polar surface area (TPSA) is 50.5 Å². The Morgan fingerprint density at radius 1 is 1.50 bits per heavy atom. The monoisotopic (exact) mass is 191 g/mol. The van der Waals surface area contributed by atoms with Gasteiger partial charge in [-0.1, -0.05) is 12.1 Å². The van der Waals surface area contributed by atoms with Crippen LogP contribution in [0.2, 0.25) is 0 Å². The zero-order valence-electron chi connectivity index (χ0n) is 7.97. The number of methoxy groups -OCH3 is 1. The zero-order chi connectivity index (χ0) is 9.97. The van der Waals surface area contributed by atoms with Crippen LogP contribution in [0, 0.1) is 0 Å². The van der Waals surface area contributed by atoms with E-state index in [0.717, 1.165) is 11.3 Å². The fourth-order valence-electron chi connectivity index (χ4n) is 1.45. The molecule has 0 fully saturated rings. The first-order valence-electron chi connectivity index (χ1n) is 4.42. The molecule has 14 heavy (non-hydrogen) atoms. The second kappa shape index (κ2) is 3.69. The van der Waals surface area contributed by atoms with Crippen LogP contribution in [-0.2, 0) is 0 Å². The summed E-state index contributed by atoms with van der Waals surface area (Å²) in [6.07, 6.45) is 3.79. The minimum Gasteiger partial charge on any atom is -0.497 e. The maximum absolute atomic E-state index is 5.54. The van der Waals surface area contributed by atoms with Gasteiger partial charge < -0.3 is 4.74 Å². The number of hydrogen-bond donors (Lipinski definition) is 2. The summed E-state index contributed by atoms with van der Waals surface area (Å²) < 4.78 is 5.14. The number of hydrazine groups is 2. The Morgan fingerprint density at radius 3 is 3.00 bits per heavy atom. The van der Waals surface area contributed by atoms with E-state index in [-0.39, 0.29) is 6.04 Å². The van der Waals surface area contributed by atoms with Crippen LogP contribution in [0.25, 0.3) is 0 Å². The van der Waals surface area contributed by atoms with Crippen molar-refractivity contribution in [2.45, 2.75) is 6.04 Å². The Bertz CT molecular complexity index is 351. The van der Waals surface area contributed by atoms with Crippen molar-refractivity contribution in [1.29, 1.82) is 0 Å². The molecule has 1 aliphatic heterocycles. The van der Waals surface area contributed by atoms with Crippen LogP contribution in [0.1, 0.15) is 11.6 Å². The SMILES string of the molecule is COc1cccc(C2C=CN(N)N2)c1. The molecule has 1 aromatic carbocycles. The molecule has 0 radical (unpaired) electrons. The smallest absolute Gasteiger partial charge is 0.119 e. The number of ether oxygens (including phenoxy) is 1. The lowest BCUT2D eigenvalue weighted by Gasteiger charge is -2.14. The molecule has 1 aromatic rings. The fourth-order valence-corrected chi connectivity index (χ4v) is 1.45. The molecule has 1 heterocycles. The average molecular weight is 191 g/mol. The summed E-state index contributed by atoms with van der Waals surface area (Å²) in [6.45, 7) is 0. The minimum atomic E-state index is 0.134. The van der Waals surface area contributed by atoms with Crippen LogP contribution in [0.5, 0.6) is 5.75 Å². The van der Waals surface area contributed by atoms with Crippen molar-refractivity contribution < 1.29 is 4.74 Å². The quantitative estimate of drug-likeness (QED) is 0.683. The predicted octanol–water partition coefficient (Wildman–Crippen LogP) is 0.944. The van der Waals surface area contributed by atoms with E-state index in [4.69, 9.17) is 10.6 Å². The van der Waals surface area contributed by atoms with E-state index >= 15 is 0 Å². The summed E-state index contributed by atoms with van der Waals surface area (Å²) in [5.74, 6) is 6.39. The fraction of sp³-hybridized carbons (Fsp3) is 0.200.